The van der Waals surface area contributed by atoms with E-state index in [1.807, 2.05) is 6.92 Å². The second-order valence-corrected chi connectivity index (χ2v) is 5.14. The Morgan fingerprint density at radius 1 is 1.44 bits per heavy atom. The minimum atomic E-state index is -0.657. The maximum atomic E-state index is 12.6. The topological polar surface area (TPSA) is 90.5 Å². The lowest BCUT2D eigenvalue weighted by atomic mass is 10.1. The summed E-state index contributed by atoms with van der Waals surface area (Å²) in [6.07, 6.45) is 1.56. The molecule has 7 nitrogen and oxygen atoms in total. The fraction of sp³-hybridized carbons (Fsp3) is 0.333. The van der Waals surface area contributed by atoms with Crippen molar-refractivity contribution in [2.24, 2.45) is 5.16 Å². The van der Waals surface area contributed by atoms with Crippen LogP contribution in [-0.2, 0) is 9.57 Å². The molecule has 0 amide bonds. The predicted octanol–water partition coefficient (Wildman–Crippen LogP) is 2.76. The molecule has 0 saturated carbocycles. The van der Waals surface area contributed by atoms with Gasteiger partial charge in [-0.1, -0.05) is 17.8 Å². The molecule has 0 atom stereocenters. The first kappa shape index (κ1) is 18.5. The lowest BCUT2D eigenvalue weighted by Gasteiger charge is -2.14. The fourth-order valence-electron chi connectivity index (χ4n) is 2.36. The average Bonchev–Trinajstić information content (AvgIpc) is 2.60. The van der Waals surface area contributed by atoms with Gasteiger partial charge in [0.25, 0.3) is 0 Å². The molecule has 0 aliphatic rings. The molecule has 134 valence electrons. The minimum Gasteiger partial charge on any atom is -0.508 e. The monoisotopic (exact) mass is 347 g/mol. The molecule has 1 heterocycles. The quantitative estimate of drug-likeness (QED) is 0.342. The summed E-state index contributed by atoms with van der Waals surface area (Å²) in [4.78, 5) is 17.5. The summed E-state index contributed by atoms with van der Waals surface area (Å²) in [6, 6.07) is 3.13. The van der Waals surface area contributed by atoms with Crippen LogP contribution in [-0.4, -0.2) is 37.7 Å². The fourth-order valence-corrected chi connectivity index (χ4v) is 2.36. The number of aromatic hydroxyl groups is 1. The number of fused-ring (bicyclic) bond motifs is 1. The Bertz CT molecular complexity index is 853. The Labute approximate surface area is 145 Å². The number of benzene rings is 1. The van der Waals surface area contributed by atoms with Crippen LogP contribution in [0.3, 0.4) is 0 Å². The van der Waals surface area contributed by atoms with E-state index in [1.165, 1.54) is 13.2 Å². The molecule has 0 saturated heterocycles. The summed E-state index contributed by atoms with van der Waals surface area (Å²) >= 11 is 0. The van der Waals surface area contributed by atoms with Gasteiger partial charge in [-0.25, -0.2) is 4.79 Å². The number of nitrogens with zero attached hydrogens (tertiary/aromatic N) is 1. The van der Waals surface area contributed by atoms with Crippen molar-refractivity contribution in [3.05, 3.63) is 46.3 Å². The summed E-state index contributed by atoms with van der Waals surface area (Å²) in [7, 11) is 1.38. The van der Waals surface area contributed by atoms with Crippen molar-refractivity contribution in [3.8, 4) is 11.5 Å². The second kappa shape index (κ2) is 8.34. The van der Waals surface area contributed by atoms with E-state index in [-0.39, 0.29) is 41.6 Å². The van der Waals surface area contributed by atoms with Gasteiger partial charge in [0.15, 0.2) is 0 Å². The molecule has 2 aromatic rings. The molecule has 0 spiro atoms. The molecule has 25 heavy (non-hydrogen) atoms. The van der Waals surface area contributed by atoms with Crippen LogP contribution >= 0.6 is 0 Å². The molecule has 0 radical (unpaired) electrons. The highest BCUT2D eigenvalue weighted by Gasteiger charge is 2.23. The van der Waals surface area contributed by atoms with E-state index in [9.17, 15) is 9.90 Å². The molecule has 7 heteroatoms. The molecule has 0 aliphatic carbocycles. The van der Waals surface area contributed by atoms with Gasteiger partial charge in [0.1, 0.15) is 42.1 Å². The number of phenolic OH excluding ortho intramolecular Hbond substituents is 1. The largest absolute Gasteiger partial charge is 0.508 e. The molecule has 1 aromatic carbocycles. The Morgan fingerprint density at radius 3 is 2.84 bits per heavy atom. The van der Waals surface area contributed by atoms with E-state index in [2.05, 4.69) is 11.7 Å². The van der Waals surface area contributed by atoms with E-state index < -0.39 is 5.63 Å². The number of aryl methyl sites for hydroxylation is 1. The smallest absolute Gasteiger partial charge is 0.349 e. The zero-order valence-electron chi connectivity index (χ0n) is 14.5. The summed E-state index contributed by atoms with van der Waals surface area (Å²) in [5, 5.41) is 14.3. The second-order valence-electron chi connectivity index (χ2n) is 5.14. The molecule has 0 fully saturated rings. The zero-order valence-corrected chi connectivity index (χ0v) is 14.5. The van der Waals surface area contributed by atoms with E-state index in [4.69, 9.17) is 18.7 Å². The lowest BCUT2D eigenvalue weighted by Crippen LogP contribution is -2.22. The number of rotatable bonds is 8. The normalized spacial score (nSPS) is 11.6. The van der Waals surface area contributed by atoms with Crippen molar-refractivity contribution in [2.45, 2.75) is 13.8 Å². The van der Waals surface area contributed by atoms with E-state index in [0.717, 1.165) is 0 Å². The van der Waals surface area contributed by atoms with Gasteiger partial charge in [-0.05, 0) is 26.0 Å². The lowest BCUT2D eigenvalue weighted by molar-refractivity contribution is 0.175. The third-order valence-corrected chi connectivity index (χ3v) is 3.53. The zero-order chi connectivity index (χ0) is 18.4. The summed E-state index contributed by atoms with van der Waals surface area (Å²) < 4.78 is 16.5. The first-order valence-electron chi connectivity index (χ1n) is 7.76. The highest BCUT2D eigenvalue weighted by atomic mass is 16.6. The van der Waals surface area contributed by atoms with Gasteiger partial charge < -0.3 is 23.8 Å². The number of phenols is 1. The minimum absolute atomic E-state index is 0.0261. The predicted molar refractivity (Wildman–Crippen MR) is 94.6 cm³/mol. The van der Waals surface area contributed by atoms with Crippen molar-refractivity contribution in [2.75, 3.05) is 26.9 Å². The summed E-state index contributed by atoms with van der Waals surface area (Å²) in [5.74, 6) is 0.308. The van der Waals surface area contributed by atoms with Gasteiger partial charge in [0.05, 0.1) is 12.0 Å². The molecule has 1 aromatic heterocycles. The third kappa shape index (κ3) is 3.83. The molecule has 1 N–H and O–H groups in total. The molecular formula is C18H21NO6. The van der Waals surface area contributed by atoms with Crippen molar-refractivity contribution in [1.82, 2.24) is 0 Å². The highest BCUT2D eigenvalue weighted by molar-refractivity contribution is 6.07. The summed E-state index contributed by atoms with van der Waals surface area (Å²) in [5.41, 5.74) is 0.413. The molecule has 0 unspecified atom stereocenters. The van der Waals surface area contributed by atoms with Crippen LogP contribution in [0.4, 0.5) is 0 Å². The summed E-state index contributed by atoms with van der Waals surface area (Å²) in [6.45, 7) is 7.79. The third-order valence-electron chi connectivity index (χ3n) is 3.53. The Morgan fingerprint density at radius 2 is 2.20 bits per heavy atom. The van der Waals surface area contributed by atoms with Gasteiger partial charge in [-0.2, -0.15) is 0 Å². The van der Waals surface area contributed by atoms with Gasteiger partial charge >= 0.3 is 5.63 Å². The van der Waals surface area contributed by atoms with Crippen LogP contribution in [0.2, 0.25) is 0 Å². The van der Waals surface area contributed by atoms with Crippen molar-refractivity contribution in [1.29, 1.82) is 0 Å². The van der Waals surface area contributed by atoms with Crippen LogP contribution in [0.15, 0.2) is 39.2 Å². The standard InChI is InChI=1S/C18H21NO6/c1-5-9-24-17-12-7-8-14(20)11(3)16(12)25-18(21)15(17)13(19-22-4)10-23-6-2/h5,7-8,20H,1,6,9-10H2,2-4H3. The number of ether oxygens (including phenoxy) is 2. The van der Waals surface area contributed by atoms with Crippen molar-refractivity contribution in [3.63, 3.8) is 0 Å². The Kier molecular flexibility index (Phi) is 6.19. The Hall–Kier alpha value is -2.80. The Balaban J connectivity index is 2.79. The van der Waals surface area contributed by atoms with Crippen LogP contribution in [0, 0.1) is 6.92 Å². The number of hydrogen-bond acceptors (Lipinski definition) is 7. The maximum Gasteiger partial charge on any atom is 0.349 e. The SMILES string of the molecule is C=CCOc1c(C(COCC)=NOC)c(=O)oc2c(C)c(O)ccc12. The molecular weight excluding hydrogens is 326 g/mol. The average molecular weight is 347 g/mol. The number of hydrogen-bond donors (Lipinski definition) is 1. The van der Waals surface area contributed by atoms with Gasteiger partial charge in [-0.15, -0.1) is 0 Å². The van der Waals surface area contributed by atoms with Crippen LogP contribution in [0.5, 0.6) is 11.5 Å². The van der Waals surface area contributed by atoms with Gasteiger partial charge in [0.2, 0.25) is 0 Å². The molecule has 2 rings (SSSR count). The van der Waals surface area contributed by atoms with Crippen LogP contribution in [0.1, 0.15) is 18.1 Å². The maximum absolute atomic E-state index is 12.6. The van der Waals surface area contributed by atoms with Crippen molar-refractivity contribution >= 4 is 16.7 Å². The van der Waals surface area contributed by atoms with E-state index in [1.54, 1.807) is 19.1 Å². The first-order chi connectivity index (χ1) is 12.0. The van der Waals surface area contributed by atoms with E-state index in [0.29, 0.717) is 17.6 Å². The van der Waals surface area contributed by atoms with Gasteiger partial charge in [0, 0.05) is 12.2 Å². The van der Waals surface area contributed by atoms with Crippen molar-refractivity contribution < 1.29 is 23.8 Å². The molecule has 0 aliphatic heterocycles. The first-order valence-corrected chi connectivity index (χ1v) is 7.76. The molecule has 0 bridgehead atoms. The van der Waals surface area contributed by atoms with Gasteiger partial charge in [-0.3, -0.25) is 0 Å². The highest BCUT2D eigenvalue weighted by Crippen LogP contribution is 2.33. The van der Waals surface area contributed by atoms with E-state index >= 15 is 0 Å². The van der Waals surface area contributed by atoms with Crippen LogP contribution < -0.4 is 10.4 Å². The number of oxime groups is 1. The van der Waals surface area contributed by atoms with Crippen LogP contribution in [0.25, 0.3) is 11.0 Å².